The Bertz CT molecular complexity index is 4580. The van der Waals surface area contributed by atoms with Gasteiger partial charge in [0.2, 0.25) is 5.95 Å². The van der Waals surface area contributed by atoms with E-state index in [9.17, 15) is 0 Å². The highest BCUT2D eigenvalue weighted by Gasteiger charge is 2.38. The fourth-order valence-corrected chi connectivity index (χ4v) is 13.5. The molecule has 0 atom stereocenters. The van der Waals surface area contributed by atoms with Crippen LogP contribution in [0.15, 0.2) is 243 Å². The van der Waals surface area contributed by atoms with Gasteiger partial charge in [0, 0.05) is 49.8 Å². The Labute approximate surface area is 468 Å². The molecule has 0 N–H and O–H groups in total. The Hall–Kier alpha value is -9.64. The SMILES string of the molecule is Cc1cc(C)cc(-c2ccc(N(c3cccc(-c4ccc5c(c4)c4cc6c(cc4n5-c4nc(-c5ccccc5)cc(-c5ccccc5)n4)C(C)(C)c4ccccc4-6)c3)c3ccc4c(c3)C(C)(C)c3ccc5ccccc5c3-4)cc2)c1. The van der Waals surface area contributed by atoms with E-state index >= 15 is 0 Å². The first kappa shape index (κ1) is 47.6. The Morgan fingerprint density at radius 2 is 0.938 bits per heavy atom. The van der Waals surface area contributed by atoms with Crippen LogP contribution in [0.25, 0.3) is 106 Å². The lowest BCUT2D eigenvalue weighted by Gasteiger charge is -2.28. The molecule has 0 radical (unpaired) electrons. The predicted molar refractivity (Wildman–Crippen MR) is 335 cm³/mol. The molecular weight excluding hydrogens is 969 g/mol. The number of hydrogen-bond donors (Lipinski definition) is 0. The van der Waals surface area contributed by atoms with Crippen molar-refractivity contribution in [2.24, 2.45) is 0 Å². The van der Waals surface area contributed by atoms with Crippen molar-refractivity contribution in [2.45, 2.75) is 52.4 Å². The standard InChI is InChI=1S/C76H58N4/c1-47-38-48(2)40-55(39-47)49-28-32-56(33-29-49)79(58-34-35-61-67(43-58)76(5,6)66-36-30-50-18-13-14-25-59(50)73(61)66)57-24-17-23-53(41-57)54-31-37-71-63(42-54)64-44-62-60-26-15-16-27-65(60)75(3,4)68(62)45-72(64)80(71)74-77-69(51-19-9-7-10-20-51)46-70(78-74)52-21-11-8-12-22-52/h7-46H,1-6H3. The van der Waals surface area contributed by atoms with E-state index in [1.54, 1.807) is 0 Å². The van der Waals surface area contributed by atoms with Crippen LogP contribution in [0, 0.1) is 13.8 Å². The van der Waals surface area contributed by atoms with Crippen LogP contribution in [-0.2, 0) is 10.8 Å². The number of benzene rings is 11. The van der Waals surface area contributed by atoms with Gasteiger partial charge in [-0.3, -0.25) is 4.57 Å². The normalized spacial score (nSPS) is 13.6. The van der Waals surface area contributed by atoms with E-state index in [2.05, 4.69) is 294 Å². The molecule has 0 amide bonds. The molecule has 382 valence electrons. The maximum atomic E-state index is 5.44. The van der Waals surface area contributed by atoms with Crippen LogP contribution in [0.5, 0.6) is 0 Å². The third-order valence-corrected chi connectivity index (χ3v) is 17.4. The topological polar surface area (TPSA) is 34.0 Å². The molecule has 0 aliphatic heterocycles. The van der Waals surface area contributed by atoms with Crippen LogP contribution in [0.3, 0.4) is 0 Å². The van der Waals surface area contributed by atoms with E-state index in [1.807, 2.05) is 0 Å². The van der Waals surface area contributed by atoms with Crippen molar-refractivity contribution in [3.63, 3.8) is 0 Å². The summed E-state index contributed by atoms with van der Waals surface area (Å²) < 4.78 is 2.31. The molecule has 2 aliphatic carbocycles. The average Bonchev–Trinajstić information content (AvgIpc) is 4.26. The Morgan fingerprint density at radius 3 is 1.69 bits per heavy atom. The first-order chi connectivity index (χ1) is 39.0. The Balaban J connectivity index is 0.916. The molecule has 0 saturated carbocycles. The fraction of sp³-hybridized carbons (Fsp3) is 0.105. The Morgan fingerprint density at radius 1 is 0.338 bits per heavy atom. The van der Waals surface area contributed by atoms with E-state index in [1.165, 1.54) is 82.9 Å². The van der Waals surface area contributed by atoms with E-state index in [0.29, 0.717) is 5.95 Å². The minimum atomic E-state index is -0.201. The summed E-state index contributed by atoms with van der Waals surface area (Å²) in [5, 5.41) is 4.89. The first-order valence-corrected chi connectivity index (χ1v) is 28.0. The van der Waals surface area contributed by atoms with Crippen molar-refractivity contribution in [2.75, 3.05) is 4.90 Å². The zero-order valence-electron chi connectivity index (χ0n) is 45.9. The van der Waals surface area contributed by atoms with Gasteiger partial charge in [-0.15, -0.1) is 0 Å². The van der Waals surface area contributed by atoms with E-state index in [-0.39, 0.29) is 10.8 Å². The lowest BCUT2D eigenvalue weighted by atomic mass is 9.82. The maximum Gasteiger partial charge on any atom is 0.235 e. The van der Waals surface area contributed by atoms with Crippen LogP contribution < -0.4 is 4.90 Å². The van der Waals surface area contributed by atoms with Crippen LogP contribution in [-0.4, -0.2) is 14.5 Å². The third kappa shape index (κ3) is 7.50. The lowest BCUT2D eigenvalue weighted by Crippen LogP contribution is -2.16. The molecule has 15 rings (SSSR count). The zero-order chi connectivity index (χ0) is 54.0. The molecule has 11 aromatic carbocycles. The van der Waals surface area contributed by atoms with Crippen LogP contribution in [0.2, 0.25) is 0 Å². The highest BCUT2D eigenvalue weighted by Crippen LogP contribution is 2.54. The second-order valence-electron chi connectivity index (χ2n) is 23.2. The molecule has 0 fully saturated rings. The Kier molecular flexibility index (Phi) is 10.7. The number of anilines is 3. The van der Waals surface area contributed by atoms with Gasteiger partial charge in [0.15, 0.2) is 0 Å². The summed E-state index contributed by atoms with van der Waals surface area (Å²) >= 11 is 0. The van der Waals surface area contributed by atoms with Gasteiger partial charge >= 0.3 is 0 Å². The minimum absolute atomic E-state index is 0.200. The maximum absolute atomic E-state index is 5.44. The number of rotatable bonds is 8. The van der Waals surface area contributed by atoms with Crippen molar-refractivity contribution in [3.8, 4) is 73.0 Å². The summed E-state index contributed by atoms with van der Waals surface area (Å²) in [5.74, 6) is 0.640. The summed E-state index contributed by atoms with van der Waals surface area (Å²) in [6.07, 6.45) is 0. The fourth-order valence-electron chi connectivity index (χ4n) is 13.5. The van der Waals surface area contributed by atoms with Gasteiger partial charge in [-0.25, -0.2) is 9.97 Å². The summed E-state index contributed by atoms with van der Waals surface area (Å²) in [6, 6.07) is 89.5. The van der Waals surface area contributed by atoms with Gasteiger partial charge in [-0.05, 0) is 158 Å². The zero-order valence-corrected chi connectivity index (χ0v) is 45.9. The molecule has 0 spiro atoms. The second-order valence-corrected chi connectivity index (χ2v) is 23.2. The minimum Gasteiger partial charge on any atom is -0.310 e. The lowest BCUT2D eigenvalue weighted by molar-refractivity contribution is 0.661. The summed E-state index contributed by atoms with van der Waals surface area (Å²) in [6.45, 7) is 13.8. The van der Waals surface area contributed by atoms with Crippen LogP contribution in [0.4, 0.5) is 17.1 Å². The van der Waals surface area contributed by atoms with Gasteiger partial charge in [0.1, 0.15) is 0 Å². The quantitative estimate of drug-likeness (QED) is 0.152. The van der Waals surface area contributed by atoms with E-state index in [4.69, 9.17) is 9.97 Å². The summed E-state index contributed by atoms with van der Waals surface area (Å²) in [5.41, 5.74) is 26.7. The smallest absolute Gasteiger partial charge is 0.235 e. The summed E-state index contributed by atoms with van der Waals surface area (Å²) in [7, 11) is 0. The molecular formula is C76H58N4. The van der Waals surface area contributed by atoms with Crippen LogP contribution in [0.1, 0.15) is 61.1 Å². The summed E-state index contributed by atoms with van der Waals surface area (Å²) in [4.78, 5) is 13.3. The highest BCUT2D eigenvalue weighted by atomic mass is 15.2. The largest absolute Gasteiger partial charge is 0.310 e. The highest BCUT2D eigenvalue weighted by molar-refractivity contribution is 6.13. The molecule has 4 nitrogen and oxygen atoms in total. The second kappa shape index (κ2) is 18.0. The van der Waals surface area contributed by atoms with Crippen LogP contribution >= 0.6 is 0 Å². The van der Waals surface area contributed by atoms with Gasteiger partial charge in [-0.2, -0.15) is 0 Å². The van der Waals surface area contributed by atoms with Gasteiger partial charge in [0.05, 0.1) is 22.4 Å². The van der Waals surface area contributed by atoms with Gasteiger partial charge in [-0.1, -0.05) is 215 Å². The monoisotopic (exact) mass is 1030 g/mol. The number of fused-ring (bicyclic) bond motifs is 11. The number of aromatic nitrogens is 3. The predicted octanol–water partition coefficient (Wildman–Crippen LogP) is 20.1. The average molecular weight is 1030 g/mol. The molecule has 0 bridgehead atoms. The molecule has 4 heteroatoms. The van der Waals surface area contributed by atoms with Gasteiger partial charge < -0.3 is 4.90 Å². The van der Waals surface area contributed by atoms with Crippen molar-refractivity contribution < 1.29 is 0 Å². The van der Waals surface area contributed by atoms with Crippen molar-refractivity contribution in [3.05, 3.63) is 276 Å². The number of aryl methyl sites for hydroxylation is 2. The van der Waals surface area contributed by atoms with E-state index in [0.717, 1.165) is 67.1 Å². The third-order valence-electron chi connectivity index (χ3n) is 17.4. The molecule has 0 saturated heterocycles. The van der Waals surface area contributed by atoms with Crippen molar-refractivity contribution in [1.29, 1.82) is 0 Å². The molecule has 0 unspecified atom stereocenters. The van der Waals surface area contributed by atoms with Gasteiger partial charge in [0.25, 0.3) is 0 Å². The molecule has 2 aromatic heterocycles. The molecule has 80 heavy (non-hydrogen) atoms. The molecule has 2 heterocycles. The molecule has 2 aliphatic rings. The molecule has 13 aromatic rings. The van der Waals surface area contributed by atoms with E-state index < -0.39 is 0 Å². The number of hydrogen-bond acceptors (Lipinski definition) is 3. The van der Waals surface area contributed by atoms with Crippen molar-refractivity contribution >= 4 is 49.6 Å². The number of nitrogens with zero attached hydrogens (tertiary/aromatic N) is 4. The van der Waals surface area contributed by atoms with Crippen molar-refractivity contribution in [1.82, 2.24) is 14.5 Å². The first-order valence-electron chi connectivity index (χ1n) is 28.0.